The van der Waals surface area contributed by atoms with Gasteiger partial charge in [-0.25, -0.2) is 0 Å². The van der Waals surface area contributed by atoms with Gasteiger partial charge < -0.3 is 5.73 Å². The fraction of sp³-hybridized carbons (Fsp3) is 0. The molecule has 6 heteroatoms. The van der Waals surface area contributed by atoms with Crippen LogP contribution in [0.4, 0.5) is 11.4 Å². The number of non-ortho nitro benzene ring substituents is 1. The Balaban J connectivity index is 0.00000121. The van der Waals surface area contributed by atoms with Gasteiger partial charge in [-0.05, 0) is 6.07 Å². The Morgan fingerprint density at radius 1 is 1.50 bits per heavy atom. The summed E-state index contributed by atoms with van der Waals surface area (Å²) in [6.07, 6.45) is 0. The van der Waals surface area contributed by atoms with Crippen LogP contribution in [-0.2, 0) is 0 Å². The first-order valence-corrected chi connectivity index (χ1v) is 3.29. The Morgan fingerprint density at radius 3 is 2.50 bits per heavy atom. The van der Waals surface area contributed by atoms with E-state index in [1.165, 1.54) is 18.2 Å². The molecule has 0 spiro atoms. The Morgan fingerprint density at radius 2 is 2.08 bits per heavy atom. The van der Waals surface area contributed by atoms with Crippen LogP contribution in [0.3, 0.4) is 0 Å². The van der Waals surface area contributed by atoms with Gasteiger partial charge in [0.15, 0.2) is 0 Å². The zero-order valence-electron chi connectivity index (χ0n) is 6.52. The van der Waals surface area contributed by atoms with Gasteiger partial charge in [0, 0.05) is 46.6 Å². The average Bonchev–Trinajstić information content (AvgIpc) is 1.94. The molecular formula is C6H6N2NaO2S. The molecule has 0 aromatic heterocycles. The molecule has 4 nitrogen and oxygen atoms in total. The van der Waals surface area contributed by atoms with E-state index in [0.29, 0.717) is 10.6 Å². The third-order valence-corrected chi connectivity index (χ3v) is 1.63. The molecule has 0 aliphatic heterocycles. The summed E-state index contributed by atoms with van der Waals surface area (Å²) >= 11 is 3.97. The van der Waals surface area contributed by atoms with Crippen LogP contribution in [0.1, 0.15) is 0 Å². The van der Waals surface area contributed by atoms with Gasteiger partial charge in [0.25, 0.3) is 5.69 Å². The zero-order chi connectivity index (χ0) is 8.43. The molecule has 0 saturated carbocycles. The van der Waals surface area contributed by atoms with Crippen LogP contribution in [-0.4, -0.2) is 34.5 Å². The molecule has 0 fully saturated rings. The largest absolute Gasteiger partial charge is 0.398 e. The summed E-state index contributed by atoms with van der Waals surface area (Å²) in [6, 6.07) is 4.14. The van der Waals surface area contributed by atoms with Gasteiger partial charge in [-0.1, -0.05) is 0 Å². The molecular weight excluding hydrogens is 187 g/mol. The van der Waals surface area contributed by atoms with Gasteiger partial charge in [0.05, 0.1) is 10.6 Å². The number of nitro benzene ring substituents is 1. The van der Waals surface area contributed by atoms with Gasteiger partial charge in [-0.15, -0.1) is 12.6 Å². The summed E-state index contributed by atoms with van der Waals surface area (Å²) in [5.41, 5.74) is 5.69. The van der Waals surface area contributed by atoms with Gasteiger partial charge in [-0.2, -0.15) is 0 Å². The summed E-state index contributed by atoms with van der Waals surface area (Å²) in [6.45, 7) is 0. The predicted molar refractivity (Wildman–Crippen MR) is 50.5 cm³/mol. The Hall–Kier alpha value is -0.230. The molecule has 0 atom stereocenters. The Bertz CT molecular complexity index is 306. The number of rotatable bonds is 1. The number of benzene rings is 1. The smallest absolute Gasteiger partial charge is 0.271 e. The molecule has 0 saturated heterocycles. The summed E-state index contributed by atoms with van der Waals surface area (Å²) in [7, 11) is 0. The topological polar surface area (TPSA) is 69.2 Å². The van der Waals surface area contributed by atoms with Crippen LogP contribution in [0.25, 0.3) is 0 Å². The van der Waals surface area contributed by atoms with Gasteiger partial charge >= 0.3 is 0 Å². The molecule has 12 heavy (non-hydrogen) atoms. The van der Waals surface area contributed by atoms with Crippen LogP contribution in [0, 0.1) is 10.1 Å². The molecule has 1 radical (unpaired) electrons. The average molecular weight is 193 g/mol. The Labute approximate surface area is 97.0 Å². The molecule has 0 aliphatic rings. The molecule has 0 heterocycles. The van der Waals surface area contributed by atoms with Crippen LogP contribution in [0.15, 0.2) is 23.1 Å². The fourth-order valence-electron chi connectivity index (χ4n) is 0.655. The normalized spacial score (nSPS) is 8.75. The maximum absolute atomic E-state index is 10.2. The monoisotopic (exact) mass is 193 g/mol. The van der Waals surface area contributed by atoms with Gasteiger partial charge in [0.2, 0.25) is 0 Å². The van der Waals surface area contributed by atoms with Crippen molar-refractivity contribution in [1.29, 1.82) is 0 Å². The van der Waals surface area contributed by atoms with E-state index in [-0.39, 0.29) is 35.2 Å². The molecule has 0 aliphatic carbocycles. The predicted octanol–water partition coefficient (Wildman–Crippen LogP) is 1.08. The van der Waals surface area contributed by atoms with Crippen molar-refractivity contribution in [3.8, 4) is 0 Å². The number of anilines is 1. The molecule has 2 N–H and O–H groups in total. The number of hydrogen-bond donors (Lipinski definition) is 2. The molecule has 0 unspecified atom stereocenters. The van der Waals surface area contributed by atoms with E-state index in [1.807, 2.05) is 0 Å². The minimum Gasteiger partial charge on any atom is -0.398 e. The van der Waals surface area contributed by atoms with Crippen LogP contribution >= 0.6 is 12.6 Å². The first-order chi connectivity index (χ1) is 5.11. The Kier molecular flexibility index (Phi) is 4.62. The minimum atomic E-state index is -0.496. The van der Waals surface area contributed by atoms with Crippen molar-refractivity contribution in [3.63, 3.8) is 0 Å². The fourth-order valence-corrected chi connectivity index (χ4v) is 0.795. The van der Waals surface area contributed by atoms with E-state index < -0.39 is 4.92 Å². The van der Waals surface area contributed by atoms with Crippen molar-refractivity contribution in [2.45, 2.75) is 4.90 Å². The van der Waals surface area contributed by atoms with Crippen molar-refractivity contribution >= 4 is 53.6 Å². The third-order valence-electron chi connectivity index (χ3n) is 1.22. The first kappa shape index (κ1) is 11.8. The number of hydrogen-bond acceptors (Lipinski definition) is 4. The van der Waals surface area contributed by atoms with Crippen LogP contribution in [0.2, 0.25) is 0 Å². The molecule has 0 amide bonds. The van der Waals surface area contributed by atoms with Gasteiger partial charge in [0.1, 0.15) is 0 Å². The standard InChI is InChI=1S/C6H6N2O2S.Na/c7-5-3-4(8(9)10)1-2-6(5)11;/h1-3,11H,7H2;. The number of thiol groups is 1. The van der Waals surface area contributed by atoms with Crippen molar-refractivity contribution in [1.82, 2.24) is 0 Å². The van der Waals surface area contributed by atoms with Crippen molar-refractivity contribution in [2.24, 2.45) is 0 Å². The van der Waals surface area contributed by atoms with Gasteiger partial charge in [-0.3, -0.25) is 10.1 Å². The maximum Gasteiger partial charge on any atom is 0.271 e. The van der Waals surface area contributed by atoms with E-state index in [0.717, 1.165) is 0 Å². The van der Waals surface area contributed by atoms with E-state index in [2.05, 4.69) is 12.6 Å². The second-order valence-corrected chi connectivity index (χ2v) is 2.48. The summed E-state index contributed by atoms with van der Waals surface area (Å²) in [4.78, 5) is 10.2. The SMILES string of the molecule is Nc1cc([N+](=O)[O-])ccc1S.[Na]. The number of nitrogens with two attached hydrogens (primary N) is 1. The maximum atomic E-state index is 10.2. The number of nitrogens with zero attached hydrogens (tertiary/aromatic N) is 1. The number of nitrogen functional groups attached to an aromatic ring is 1. The van der Waals surface area contributed by atoms with Crippen molar-refractivity contribution in [2.75, 3.05) is 5.73 Å². The van der Waals surface area contributed by atoms with Crippen molar-refractivity contribution < 1.29 is 4.92 Å². The molecule has 1 aromatic rings. The van der Waals surface area contributed by atoms with E-state index in [9.17, 15) is 10.1 Å². The summed E-state index contributed by atoms with van der Waals surface area (Å²) in [5.74, 6) is 0. The van der Waals surface area contributed by atoms with E-state index in [1.54, 1.807) is 0 Å². The van der Waals surface area contributed by atoms with E-state index in [4.69, 9.17) is 5.73 Å². The second kappa shape index (κ2) is 4.71. The molecule has 0 bridgehead atoms. The van der Waals surface area contributed by atoms with E-state index >= 15 is 0 Å². The third kappa shape index (κ3) is 2.67. The molecule has 1 aromatic carbocycles. The first-order valence-electron chi connectivity index (χ1n) is 2.84. The molecule has 59 valence electrons. The number of nitro groups is 1. The second-order valence-electron chi connectivity index (χ2n) is 2.00. The summed E-state index contributed by atoms with van der Waals surface area (Å²) < 4.78 is 0. The summed E-state index contributed by atoms with van der Waals surface area (Å²) in [5, 5.41) is 10.2. The van der Waals surface area contributed by atoms with Crippen LogP contribution in [0.5, 0.6) is 0 Å². The quantitative estimate of drug-likeness (QED) is 0.230. The zero-order valence-corrected chi connectivity index (χ0v) is 9.41. The minimum absolute atomic E-state index is 0. The van der Waals surface area contributed by atoms with Crippen molar-refractivity contribution in [3.05, 3.63) is 28.3 Å². The van der Waals surface area contributed by atoms with Crippen LogP contribution < -0.4 is 5.73 Å². The molecule has 1 rings (SSSR count).